The van der Waals surface area contributed by atoms with Crippen molar-refractivity contribution in [2.24, 2.45) is 0 Å². The van der Waals surface area contributed by atoms with Gasteiger partial charge in [0.15, 0.2) is 0 Å². The quantitative estimate of drug-likeness (QED) is 0.882. The van der Waals surface area contributed by atoms with Gasteiger partial charge in [-0.25, -0.2) is 0 Å². The van der Waals surface area contributed by atoms with E-state index in [0.717, 1.165) is 5.69 Å². The van der Waals surface area contributed by atoms with Crippen molar-refractivity contribution in [2.45, 2.75) is 25.9 Å². The van der Waals surface area contributed by atoms with Crippen molar-refractivity contribution < 1.29 is 0 Å². The summed E-state index contributed by atoms with van der Waals surface area (Å²) in [6.07, 6.45) is 5.22. The molecule has 84 valence electrons. The third-order valence-electron chi connectivity index (χ3n) is 2.50. The van der Waals surface area contributed by atoms with Gasteiger partial charge in [0.25, 0.3) is 0 Å². The van der Waals surface area contributed by atoms with Crippen LogP contribution in [0, 0.1) is 0 Å². The Morgan fingerprint density at radius 2 is 2.12 bits per heavy atom. The minimum Gasteiger partial charge on any atom is -0.301 e. The molecule has 0 saturated heterocycles. The molecule has 2 rings (SSSR count). The van der Waals surface area contributed by atoms with Crippen LogP contribution in [0.5, 0.6) is 0 Å². The molecule has 2 aromatic rings. The molecule has 0 aliphatic carbocycles. The number of nitrogens with one attached hydrogen (secondary N) is 1. The standard InChI is InChI=1S/C12H15N3S/c1-9(11-8-13-5-6-14-11)15-10(2)12-4-3-7-16-12/h3-10,15H,1-2H3. The molecular formula is C12H15N3S. The van der Waals surface area contributed by atoms with E-state index in [2.05, 4.69) is 46.6 Å². The molecule has 0 bridgehead atoms. The lowest BCUT2D eigenvalue weighted by Crippen LogP contribution is -2.22. The van der Waals surface area contributed by atoms with Gasteiger partial charge < -0.3 is 5.32 Å². The Labute approximate surface area is 99.6 Å². The van der Waals surface area contributed by atoms with Crippen LogP contribution in [0.4, 0.5) is 0 Å². The van der Waals surface area contributed by atoms with E-state index < -0.39 is 0 Å². The van der Waals surface area contributed by atoms with Gasteiger partial charge in [0.05, 0.1) is 5.69 Å². The van der Waals surface area contributed by atoms with Gasteiger partial charge in [-0.15, -0.1) is 11.3 Å². The Bertz CT molecular complexity index is 413. The lowest BCUT2D eigenvalue weighted by molar-refractivity contribution is 0.490. The molecule has 0 amide bonds. The third kappa shape index (κ3) is 2.65. The van der Waals surface area contributed by atoms with E-state index in [1.807, 2.05) is 0 Å². The van der Waals surface area contributed by atoms with E-state index >= 15 is 0 Å². The van der Waals surface area contributed by atoms with E-state index in [0.29, 0.717) is 6.04 Å². The average Bonchev–Trinajstić information content (AvgIpc) is 2.83. The second-order valence-corrected chi connectivity index (χ2v) is 4.74. The normalized spacial score (nSPS) is 14.6. The van der Waals surface area contributed by atoms with Crippen LogP contribution < -0.4 is 5.32 Å². The Morgan fingerprint density at radius 3 is 2.75 bits per heavy atom. The van der Waals surface area contributed by atoms with E-state index in [9.17, 15) is 0 Å². The Kier molecular flexibility index (Phi) is 3.64. The first kappa shape index (κ1) is 11.2. The highest BCUT2D eigenvalue weighted by Gasteiger charge is 2.12. The van der Waals surface area contributed by atoms with Gasteiger partial charge in [-0.1, -0.05) is 6.07 Å². The number of hydrogen-bond donors (Lipinski definition) is 1. The second-order valence-electron chi connectivity index (χ2n) is 3.76. The van der Waals surface area contributed by atoms with Crippen LogP contribution in [0.25, 0.3) is 0 Å². The van der Waals surface area contributed by atoms with Crippen LogP contribution in [0.2, 0.25) is 0 Å². The summed E-state index contributed by atoms with van der Waals surface area (Å²) in [6.45, 7) is 4.27. The Hall–Kier alpha value is -1.26. The van der Waals surface area contributed by atoms with Crippen LogP contribution >= 0.6 is 11.3 Å². The summed E-state index contributed by atoms with van der Waals surface area (Å²) >= 11 is 1.77. The van der Waals surface area contributed by atoms with Crippen LogP contribution in [0.3, 0.4) is 0 Å². The highest BCUT2D eigenvalue weighted by molar-refractivity contribution is 7.10. The summed E-state index contributed by atoms with van der Waals surface area (Å²) in [5, 5.41) is 5.60. The first-order chi connectivity index (χ1) is 7.77. The van der Waals surface area contributed by atoms with Crippen LogP contribution in [0.1, 0.15) is 36.5 Å². The lowest BCUT2D eigenvalue weighted by Gasteiger charge is -2.18. The van der Waals surface area contributed by atoms with Crippen molar-refractivity contribution in [1.29, 1.82) is 0 Å². The minimum atomic E-state index is 0.214. The molecule has 0 aliphatic heterocycles. The van der Waals surface area contributed by atoms with Crippen LogP contribution in [-0.2, 0) is 0 Å². The van der Waals surface area contributed by atoms with Crippen molar-refractivity contribution in [3.63, 3.8) is 0 Å². The molecule has 0 saturated carbocycles. The number of aromatic nitrogens is 2. The maximum Gasteiger partial charge on any atom is 0.0753 e. The largest absolute Gasteiger partial charge is 0.301 e. The van der Waals surface area contributed by atoms with Crippen LogP contribution in [0.15, 0.2) is 36.1 Å². The molecular weight excluding hydrogens is 218 g/mol. The summed E-state index contributed by atoms with van der Waals surface area (Å²) in [5.41, 5.74) is 0.978. The SMILES string of the molecule is CC(NC(C)c1cccs1)c1cnccn1. The van der Waals surface area contributed by atoms with E-state index in [1.54, 1.807) is 29.9 Å². The van der Waals surface area contributed by atoms with Gasteiger partial charge in [0.2, 0.25) is 0 Å². The number of rotatable bonds is 4. The zero-order chi connectivity index (χ0) is 11.4. The maximum absolute atomic E-state index is 4.29. The average molecular weight is 233 g/mol. The fourth-order valence-corrected chi connectivity index (χ4v) is 2.36. The molecule has 16 heavy (non-hydrogen) atoms. The Balaban J connectivity index is 2.00. The predicted molar refractivity (Wildman–Crippen MR) is 66.3 cm³/mol. The molecule has 2 heterocycles. The number of nitrogens with zero attached hydrogens (tertiary/aromatic N) is 2. The Morgan fingerprint density at radius 1 is 1.25 bits per heavy atom. The third-order valence-corrected chi connectivity index (χ3v) is 3.55. The van der Waals surface area contributed by atoms with E-state index in [1.165, 1.54) is 4.88 Å². The van der Waals surface area contributed by atoms with Gasteiger partial charge in [0, 0.05) is 35.6 Å². The summed E-state index contributed by atoms with van der Waals surface area (Å²) < 4.78 is 0. The molecule has 2 unspecified atom stereocenters. The van der Waals surface area contributed by atoms with E-state index in [-0.39, 0.29) is 6.04 Å². The van der Waals surface area contributed by atoms with Gasteiger partial charge in [-0.05, 0) is 25.3 Å². The van der Waals surface area contributed by atoms with E-state index in [4.69, 9.17) is 0 Å². The summed E-state index contributed by atoms with van der Waals surface area (Å²) in [7, 11) is 0. The van der Waals surface area contributed by atoms with Crippen LogP contribution in [-0.4, -0.2) is 9.97 Å². The van der Waals surface area contributed by atoms with Crippen molar-refractivity contribution in [3.05, 3.63) is 46.7 Å². The summed E-state index contributed by atoms with van der Waals surface area (Å²) in [4.78, 5) is 9.71. The summed E-state index contributed by atoms with van der Waals surface area (Å²) in [6, 6.07) is 4.78. The number of hydrogen-bond acceptors (Lipinski definition) is 4. The number of thiophene rings is 1. The van der Waals surface area contributed by atoms with Crippen molar-refractivity contribution in [3.8, 4) is 0 Å². The first-order valence-corrected chi connectivity index (χ1v) is 6.20. The smallest absolute Gasteiger partial charge is 0.0753 e. The van der Waals surface area contributed by atoms with Crippen molar-refractivity contribution >= 4 is 11.3 Å². The molecule has 4 heteroatoms. The molecule has 1 N–H and O–H groups in total. The molecule has 3 nitrogen and oxygen atoms in total. The molecule has 0 aromatic carbocycles. The zero-order valence-electron chi connectivity index (χ0n) is 9.42. The molecule has 0 radical (unpaired) electrons. The fraction of sp³-hybridized carbons (Fsp3) is 0.333. The molecule has 2 atom stereocenters. The van der Waals surface area contributed by atoms with Gasteiger partial charge in [0.1, 0.15) is 0 Å². The lowest BCUT2D eigenvalue weighted by atomic mass is 10.2. The second kappa shape index (κ2) is 5.18. The topological polar surface area (TPSA) is 37.8 Å². The van der Waals surface area contributed by atoms with Crippen molar-refractivity contribution in [1.82, 2.24) is 15.3 Å². The molecule has 0 aliphatic rings. The highest BCUT2D eigenvalue weighted by Crippen LogP contribution is 2.21. The minimum absolute atomic E-state index is 0.214. The highest BCUT2D eigenvalue weighted by atomic mass is 32.1. The predicted octanol–water partition coefficient (Wildman–Crippen LogP) is 2.95. The van der Waals surface area contributed by atoms with Gasteiger partial charge >= 0.3 is 0 Å². The monoisotopic (exact) mass is 233 g/mol. The molecule has 0 spiro atoms. The van der Waals surface area contributed by atoms with Gasteiger partial charge in [-0.3, -0.25) is 9.97 Å². The first-order valence-electron chi connectivity index (χ1n) is 5.32. The molecule has 2 aromatic heterocycles. The maximum atomic E-state index is 4.29. The van der Waals surface area contributed by atoms with Crippen molar-refractivity contribution in [2.75, 3.05) is 0 Å². The summed E-state index contributed by atoms with van der Waals surface area (Å²) in [5.74, 6) is 0. The fourth-order valence-electron chi connectivity index (χ4n) is 1.61. The van der Waals surface area contributed by atoms with Gasteiger partial charge in [-0.2, -0.15) is 0 Å². The zero-order valence-corrected chi connectivity index (χ0v) is 10.2. The molecule has 0 fully saturated rings.